The van der Waals surface area contributed by atoms with Gasteiger partial charge < -0.3 is 0 Å². The number of carbonyl (C=O) groups is 1. The van der Waals surface area contributed by atoms with E-state index in [1.54, 1.807) is 24.5 Å². The fourth-order valence-corrected chi connectivity index (χ4v) is 2.39. The quantitative estimate of drug-likeness (QED) is 0.887. The van der Waals surface area contributed by atoms with Crippen LogP contribution in [0.25, 0.3) is 0 Å². The molecule has 19 heavy (non-hydrogen) atoms. The molecular weight excluding hydrogens is 315 g/mol. The van der Waals surface area contributed by atoms with Crippen molar-refractivity contribution in [2.24, 2.45) is 5.10 Å². The number of aromatic nitrogens is 2. The topological polar surface area (TPSA) is 70.1 Å². The van der Waals surface area contributed by atoms with E-state index in [9.17, 15) is 9.18 Å². The molecule has 1 amide bonds. The number of halogens is 2. The minimum Gasteiger partial charge on any atom is -0.285 e. The molecule has 2 N–H and O–H groups in total. The van der Waals surface area contributed by atoms with Gasteiger partial charge in [0.15, 0.2) is 0 Å². The number of carbonyl (C=O) groups excluding carboxylic acids is 1. The zero-order valence-corrected chi connectivity index (χ0v) is 11.1. The lowest BCUT2D eigenvalue weighted by molar-refractivity contribution is -0.120. The number of hydrogen-bond acceptors (Lipinski definition) is 3. The summed E-state index contributed by atoms with van der Waals surface area (Å²) in [5, 5.41) is 10.5. The van der Waals surface area contributed by atoms with Gasteiger partial charge in [-0.2, -0.15) is 10.2 Å². The van der Waals surface area contributed by atoms with Crippen LogP contribution >= 0.6 is 15.9 Å². The van der Waals surface area contributed by atoms with E-state index in [2.05, 4.69) is 36.7 Å². The number of amides is 1. The molecule has 0 bridgehead atoms. The molecule has 1 aliphatic heterocycles. The van der Waals surface area contributed by atoms with Crippen molar-refractivity contribution >= 4 is 27.5 Å². The third kappa shape index (κ3) is 2.06. The molecule has 1 atom stereocenters. The first-order valence-electron chi connectivity index (χ1n) is 5.48. The van der Waals surface area contributed by atoms with Crippen molar-refractivity contribution in [1.82, 2.24) is 15.6 Å². The number of rotatable bonds is 2. The van der Waals surface area contributed by atoms with Crippen LogP contribution in [0.15, 0.2) is 40.2 Å². The summed E-state index contributed by atoms with van der Waals surface area (Å²) in [6.07, 6.45) is 3.25. The number of aromatic amines is 1. The molecule has 0 saturated carbocycles. The maximum absolute atomic E-state index is 13.3. The maximum Gasteiger partial charge on any atom is 0.253 e. The minimum atomic E-state index is -0.561. The van der Waals surface area contributed by atoms with Crippen LogP contribution in [0.3, 0.4) is 0 Å². The Morgan fingerprint density at radius 1 is 1.37 bits per heavy atom. The number of hydrazone groups is 1. The fourth-order valence-electron chi connectivity index (χ4n) is 1.99. The molecule has 0 spiro atoms. The first kappa shape index (κ1) is 12.0. The lowest BCUT2D eigenvalue weighted by Crippen LogP contribution is -2.21. The van der Waals surface area contributed by atoms with E-state index in [-0.39, 0.29) is 11.7 Å². The molecule has 1 aromatic carbocycles. The summed E-state index contributed by atoms with van der Waals surface area (Å²) in [6, 6.07) is 4.48. The monoisotopic (exact) mass is 322 g/mol. The molecule has 0 aliphatic carbocycles. The average molecular weight is 323 g/mol. The van der Waals surface area contributed by atoms with Crippen molar-refractivity contribution in [2.45, 2.75) is 5.92 Å². The van der Waals surface area contributed by atoms with Crippen molar-refractivity contribution in [2.75, 3.05) is 0 Å². The zero-order valence-electron chi connectivity index (χ0n) is 9.52. The summed E-state index contributed by atoms with van der Waals surface area (Å²) in [6.45, 7) is 0. The van der Waals surface area contributed by atoms with Gasteiger partial charge in [-0.1, -0.05) is 6.07 Å². The summed E-state index contributed by atoms with van der Waals surface area (Å²) in [5.74, 6) is -1.17. The molecular formula is C12H8BrFN4O. The van der Waals surface area contributed by atoms with Gasteiger partial charge in [0.05, 0.1) is 16.4 Å². The number of benzene rings is 1. The zero-order chi connectivity index (χ0) is 13.4. The van der Waals surface area contributed by atoms with Gasteiger partial charge in [-0.25, -0.2) is 9.82 Å². The average Bonchev–Trinajstić information content (AvgIpc) is 3.01. The lowest BCUT2D eigenvalue weighted by Gasteiger charge is -2.10. The molecule has 3 rings (SSSR count). The van der Waals surface area contributed by atoms with Gasteiger partial charge in [0.1, 0.15) is 11.7 Å². The highest BCUT2D eigenvalue weighted by atomic mass is 79.9. The third-order valence-corrected chi connectivity index (χ3v) is 3.50. The third-order valence-electron chi connectivity index (χ3n) is 2.89. The molecule has 96 valence electrons. The van der Waals surface area contributed by atoms with Crippen LogP contribution in [0.4, 0.5) is 4.39 Å². The maximum atomic E-state index is 13.3. The normalized spacial score (nSPS) is 18.3. The first-order chi connectivity index (χ1) is 9.16. The van der Waals surface area contributed by atoms with Crippen LogP contribution in [0, 0.1) is 5.82 Å². The van der Waals surface area contributed by atoms with Gasteiger partial charge in [0, 0.05) is 11.8 Å². The lowest BCUT2D eigenvalue weighted by atomic mass is 9.91. The molecule has 1 aromatic heterocycles. The second-order valence-corrected chi connectivity index (χ2v) is 4.92. The number of nitrogens with zero attached hydrogens (tertiary/aromatic N) is 2. The molecule has 2 aromatic rings. The standard InChI is InChI=1S/C12H8BrFN4O/c13-8-3-6(1-2-9(8)14)10-11(17-18-12(10)19)7-4-15-16-5-7/h1-5,10H,(H,15,16)(H,18,19). The van der Waals surface area contributed by atoms with Crippen molar-refractivity contribution in [3.63, 3.8) is 0 Å². The Balaban J connectivity index is 2.04. The molecule has 1 aliphatic rings. The first-order valence-corrected chi connectivity index (χ1v) is 6.27. The number of H-pyrrole nitrogens is 1. The van der Waals surface area contributed by atoms with Crippen molar-refractivity contribution in [1.29, 1.82) is 0 Å². The largest absolute Gasteiger partial charge is 0.285 e. The van der Waals surface area contributed by atoms with E-state index in [1.165, 1.54) is 6.07 Å². The summed E-state index contributed by atoms with van der Waals surface area (Å²) in [4.78, 5) is 11.9. The molecule has 0 fully saturated rings. The second kappa shape index (κ2) is 4.58. The summed E-state index contributed by atoms with van der Waals surface area (Å²) >= 11 is 3.12. The number of hydrogen-bond donors (Lipinski definition) is 2. The Hall–Kier alpha value is -2.02. The van der Waals surface area contributed by atoms with E-state index in [0.29, 0.717) is 15.7 Å². The van der Waals surface area contributed by atoms with Crippen LogP contribution in [0.2, 0.25) is 0 Å². The Labute approximate surface area is 116 Å². The van der Waals surface area contributed by atoms with Crippen LogP contribution in [0.5, 0.6) is 0 Å². The van der Waals surface area contributed by atoms with Gasteiger partial charge >= 0.3 is 0 Å². The predicted octanol–water partition coefficient (Wildman–Crippen LogP) is 1.93. The molecule has 5 nitrogen and oxygen atoms in total. The van der Waals surface area contributed by atoms with Gasteiger partial charge in [-0.05, 0) is 33.6 Å². The SMILES string of the molecule is O=C1NN=C(c2cn[nH]c2)C1c1ccc(F)c(Br)c1. The smallest absolute Gasteiger partial charge is 0.253 e. The molecule has 1 unspecified atom stereocenters. The van der Waals surface area contributed by atoms with E-state index in [1.807, 2.05) is 0 Å². The minimum absolute atomic E-state index is 0.241. The van der Waals surface area contributed by atoms with Gasteiger partial charge in [-0.15, -0.1) is 0 Å². The van der Waals surface area contributed by atoms with Crippen LogP contribution < -0.4 is 5.43 Å². The van der Waals surface area contributed by atoms with E-state index in [4.69, 9.17) is 0 Å². The summed E-state index contributed by atoms with van der Waals surface area (Å²) < 4.78 is 13.6. The van der Waals surface area contributed by atoms with Crippen LogP contribution in [-0.2, 0) is 4.79 Å². The van der Waals surface area contributed by atoms with Crippen molar-refractivity contribution in [3.05, 3.63) is 52.0 Å². The second-order valence-electron chi connectivity index (χ2n) is 4.07. The van der Waals surface area contributed by atoms with E-state index in [0.717, 1.165) is 5.56 Å². The Kier molecular flexibility index (Phi) is 2.90. The highest BCUT2D eigenvalue weighted by Gasteiger charge is 2.33. The summed E-state index contributed by atoms with van der Waals surface area (Å²) in [5.41, 5.74) is 4.40. The Bertz CT molecular complexity index is 668. The highest BCUT2D eigenvalue weighted by Crippen LogP contribution is 2.28. The molecule has 0 radical (unpaired) electrons. The van der Waals surface area contributed by atoms with Crippen LogP contribution in [-0.4, -0.2) is 21.8 Å². The number of nitrogens with one attached hydrogen (secondary N) is 2. The van der Waals surface area contributed by atoms with Gasteiger partial charge in [0.25, 0.3) is 5.91 Å². The van der Waals surface area contributed by atoms with Crippen molar-refractivity contribution in [3.8, 4) is 0 Å². The van der Waals surface area contributed by atoms with E-state index < -0.39 is 5.92 Å². The van der Waals surface area contributed by atoms with Crippen molar-refractivity contribution < 1.29 is 9.18 Å². The molecule has 7 heteroatoms. The molecule has 0 saturated heterocycles. The fraction of sp³-hybridized carbons (Fsp3) is 0.0833. The summed E-state index contributed by atoms with van der Waals surface area (Å²) in [7, 11) is 0. The van der Waals surface area contributed by atoms with Gasteiger partial charge in [-0.3, -0.25) is 9.89 Å². The Morgan fingerprint density at radius 3 is 2.89 bits per heavy atom. The predicted molar refractivity (Wildman–Crippen MR) is 70.1 cm³/mol. The highest BCUT2D eigenvalue weighted by molar-refractivity contribution is 9.10. The molecule has 2 heterocycles. The Morgan fingerprint density at radius 2 is 2.21 bits per heavy atom. The van der Waals surface area contributed by atoms with Crippen LogP contribution in [0.1, 0.15) is 17.0 Å². The van der Waals surface area contributed by atoms with E-state index >= 15 is 0 Å². The van der Waals surface area contributed by atoms with Gasteiger partial charge in [0.2, 0.25) is 0 Å².